The Morgan fingerprint density at radius 3 is 2.00 bits per heavy atom. The molecule has 0 bridgehead atoms. The molecular formula is C54H35N3O. The van der Waals surface area contributed by atoms with Crippen molar-refractivity contribution in [1.82, 2.24) is 9.88 Å². The predicted molar refractivity (Wildman–Crippen MR) is 242 cm³/mol. The number of amidine groups is 1. The molecule has 1 aliphatic rings. The molecule has 0 spiro atoms. The second kappa shape index (κ2) is 12.9. The van der Waals surface area contributed by atoms with Crippen molar-refractivity contribution < 1.29 is 4.42 Å². The highest BCUT2D eigenvalue weighted by Crippen LogP contribution is 2.45. The summed E-state index contributed by atoms with van der Waals surface area (Å²) in [6.07, 6.45) is 2.21. The van der Waals surface area contributed by atoms with Crippen LogP contribution in [0.2, 0.25) is 0 Å². The topological polar surface area (TPSA) is 42.5 Å². The molecule has 11 aromatic rings. The molecule has 1 aliphatic heterocycles. The molecule has 12 rings (SSSR count). The summed E-state index contributed by atoms with van der Waals surface area (Å²) in [5.41, 5.74) is 11.7. The van der Waals surface area contributed by atoms with Gasteiger partial charge in [-0.25, -0.2) is 4.99 Å². The van der Waals surface area contributed by atoms with Gasteiger partial charge < -0.3 is 14.3 Å². The Hall–Kier alpha value is -7.69. The average molecular weight is 742 g/mol. The lowest BCUT2D eigenvalue weighted by Crippen LogP contribution is -2.31. The molecular weight excluding hydrogens is 707 g/mol. The minimum absolute atomic E-state index is 0.0371. The van der Waals surface area contributed by atoms with Gasteiger partial charge in [0.2, 0.25) is 0 Å². The van der Waals surface area contributed by atoms with Crippen LogP contribution in [-0.4, -0.2) is 10.4 Å². The summed E-state index contributed by atoms with van der Waals surface area (Å²) in [6, 6.07) is 69.2. The second-order valence-corrected chi connectivity index (χ2v) is 15.1. The third kappa shape index (κ3) is 5.05. The Kier molecular flexibility index (Phi) is 7.26. The monoisotopic (exact) mass is 741 g/mol. The van der Waals surface area contributed by atoms with Crippen molar-refractivity contribution in [1.29, 1.82) is 0 Å². The molecule has 0 saturated heterocycles. The maximum atomic E-state index is 6.80. The Bertz CT molecular complexity index is 3470. The van der Waals surface area contributed by atoms with E-state index in [-0.39, 0.29) is 6.04 Å². The highest BCUT2D eigenvalue weighted by Gasteiger charge is 2.24. The number of nitrogens with one attached hydrogen (secondary N) is 1. The summed E-state index contributed by atoms with van der Waals surface area (Å²) in [5, 5.41) is 13.3. The van der Waals surface area contributed by atoms with Crippen LogP contribution >= 0.6 is 0 Å². The van der Waals surface area contributed by atoms with Gasteiger partial charge in [-0.15, -0.1) is 0 Å². The second-order valence-electron chi connectivity index (χ2n) is 15.1. The van der Waals surface area contributed by atoms with E-state index in [2.05, 4.69) is 204 Å². The summed E-state index contributed by atoms with van der Waals surface area (Å²) in [6.45, 7) is 0. The number of benzene rings is 9. The van der Waals surface area contributed by atoms with Crippen molar-refractivity contribution in [3.63, 3.8) is 0 Å². The molecule has 0 saturated carbocycles. The molecule has 0 amide bonds. The number of rotatable bonds is 5. The number of nitrogens with zero attached hydrogens (tertiary/aromatic N) is 2. The first-order valence-corrected chi connectivity index (χ1v) is 19.8. The van der Waals surface area contributed by atoms with Crippen molar-refractivity contribution in [3.05, 3.63) is 217 Å². The number of hydrogen-bond donors (Lipinski definition) is 1. The Labute approximate surface area is 334 Å². The summed E-state index contributed by atoms with van der Waals surface area (Å²) >= 11 is 0. The molecule has 2 aromatic heterocycles. The van der Waals surface area contributed by atoms with Gasteiger partial charge in [0.1, 0.15) is 17.0 Å². The van der Waals surface area contributed by atoms with Gasteiger partial charge in [0.05, 0.1) is 33.8 Å². The molecule has 1 N–H and O–H groups in total. The van der Waals surface area contributed by atoms with Gasteiger partial charge in [0.25, 0.3) is 0 Å². The minimum atomic E-state index is -0.0371. The van der Waals surface area contributed by atoms with E-state index in [4.69, 9.17) is 9.41 Å². The normalized spacial score (nSPS) is 14.4. The summed E-state index contributed by atoms with van der Waals surface area (Å²) in [7, 11) is 0. The number of fused-ring (bicyclic) bond motifs is 10. The van der Waals surface area contributed by atoms with Crippen LogP contribution in [0.4, 0.5) is 0 Å². The quantitative estimate of drug-likeness (QED) is 0.179. The van der Waals surface area contributed by atoms with E-state index in [0.717, 1.165) is 55.8 Å². The lowest BCUT2D eigenvalue weighted by molar-refractivity contribution is 0.668. The highest BCUT2D eigenvalue weighted by molar-refractivity contribution is 6.28. The molecule has 0 aliphatic carbocycles. The number of aliphatic imine (C=N–C) groups is 1. The first kappa shape index (κ1) is 32.5. The van der Waals surface area contributed by atoms with Crippen LogP contribution in [-0.2, 0) is 0 Å². The molecule has 272 valence electrons. The van der Waals surface area contributed by atoms with Crippen molar-refractivity contribution in [3.8, 4) is 16.8 Å². The van der Waals surface area contributed by atoms with Crippen LogP contribution in [0.5, 0.6) is 0 Å². The van der Waals surface area contributed by atoms with Gasteiger partial charge in [-0.1, -0.05) is 158 Å². The smallest absolute Gasteiger partial charge is 0.137 e. The maximum Gasteiger partial charge on any atom is 0.137 e. The molecule has 0 fully saturated rings. The van der Waals surface area contributed by atoms with E-state index in [1.54, 1.807) is 0 Å². The van der Waals surface area contributed by atoms with Crippen LogP contribution in [0.1, 0.15) is 22.7 Å². The molecule has 0 radical (unpaired) electrons. The Morgan fingerprint density at radius 1 is 0.483 bits per heavy atom. The molecule has 3 heterocycles. The SMILES string of the molecule is C1=C(c2ccccc2)N=C(c2ccc3c(c2)oc2cccc(-n4c5ccccc5c5ccc6c7ccccc7cc(-c7ccccc7)c6c54)c23)NC1c1ccccc1. The van der Waals surface area contributed by atoms with Gasteiger partial charge in [0.15, 0.2) is 0 Å². The summed E-state index contributed by atoms with van der Waals surface area (Å²) in [5.74, 6) is 0.812. The number of hydrogen-bond acceptors (Lipinski definition) is 3. The van der Waals surface area contributed by atoms with Gasteiger partial charge in [0, 0.05) is 27.1 Å². The van der Waals surface area contributed by atoms with E-state index in [0.29, 0.717) is 0 Å². The van der Waals surface area contributed by atoms with Crippen LogP contribution < -0.4 is 5.32 Å². The van der Waals surface area contributed by atoms with Gasteiger partial charge in [-0.05, 0) is 80.9 Å². The van der Waals surface area contributed by atoms with Crippen LogP contribution in [0, 0.1) is 0 Å². The van der Waals surface area contributed by atoms with Crippen molar-refractivity contribution in [2.75, 3.05) is 0 Å². The van der Waals surface area contributed by atoms with Crippen molar-refractivity contribution in [2.24, 2.45) is 4.99 Å². The van der Waals surface area contributed by atoms with Gasteiger partial charge in [-0.3, -0.25) is 0 Å². The van der Waals surface area contributed by atoms with Crippen molar-refractivity contribution in [2.45, 2.75) is 6.04 Å². The largest absolute Gasteiger partial charge is 0.456 e. The lowest BCUT2D eigenvalue weighted by atomic mass is 9.91. The predicted octanol–water partition coefficient (Wildman–Crippen LogP) is 13.8. The zero-order valence-electron chi connectivity index (χ0n) is 31.4. The summed E-state index contributed by atoms with van der Waals surface area (Å²) in [4.78, 5) is 5.19. The van der Waals surface area contributed by atoms with E-state index in [9.17, 15) is 0 Å². The minimum Gasteiger partial charge on any atom is -0.456 e. The first-order valence-electron chi connectivity index (χ1n) is 19.8. The molecule has 1 atom stereocenters. The van der Waals surface area contributed by atoms with Crippen LogP contribution in [0.3, 0.4) is 0 Å². The highest BCUT2D eigenvalue weighted by atomic mass is 16.3. The third-order valence-corrected chi connectivity index (χ3v) is 11.8. The zero-order valence-corrected chi connectivity index (χ0v) is 31.4. The van der Waals surface area contributed by atoms with Gasteiger partial charge >= 0.3 is 0 Å². The first-order chi connectivity index (χ1) is 28.8. The zero-order chi connectivity index (χ0) is 38.2. The number of para-hydroxylation sites is 1. The van der Waals surface area contributed by atoms with E-state index < -0.39 is 0 Å². The van der Waals surface area contributed by atoms with Crippen LogP contribution in [0.15, 0.2) is 210 Å². The maximum absolute atomic E-state index is 6.80. The third-order valence-electron chi connectivity index (χ3n) is 11.8. The van der Waals surface area contributed by atoms with Crippen molar-refractivity contribution >= 4 is 76.8 Å². The summed E-state index contributed by atoms with van der Waals surface area (Å²) < 4.78 is 9.28. The fourth-order valence-corrected chi connectivity index (χ4v) is 9.18. The Balaban J connectivity index is 1.10. The molecule has 4 nitrogen and oxygen atoms in total. The number of aromatic nitrogens is 1. The molecule has 4 heteroatoms. The van der Waals surface area contributed by atoms with E-state index in [1.165, 1.54) is 54.5 Å². The lowest BCUT2D eigenvalue weighted by Gasteiger charge is -2.24. The number of furan rings is 1. The molecule has 1 unspecified atom stereocenters. The standard InChI is InChI=1S/C54H35N3O/c1-4-15-34(16-5-1)44-31-37-21-10-11-22-39(37)41-29-30-42-40-23-12-13-24-47(40)57(53(42)51(41)44)48-25-14-26-49-52(48)43-28-27-38(32-50(43)58-49)54-55-45(35-17-6-2-7-18-35)33-46(56-54)36-19-8-3-9-20-36/h1-33,45H,(H,55,56). The van der Waals surface area contributed by atoms with Crippen LogP contribution in [0.25, 0.3) is 87.8 Å². The average Bonchev–Trinajstić information content (AvgIpc) is 3.85. The fourth-order valence-electron chi connectivity index (χ4n) is 9.18. The molecule has 9 aromatic carbocycles. The van der Waals surface area contributed by atoms with E-state index in [1.807, 2.05) is 6.07 Å². The molecule has 58 heavy (non-hydrogen) atoms. The van der Waals surface area contributed by atoms with Gasteiger partial charge in [-0.2, -0.15) is 0 Å². The fraction of sp³-hybridized carbons (Fsp3) is 0.0185. The van der Waals surface area contributed by atoms with E-state index >= 15 is 0 Å². The Morgan fingerprint density at radius 2 is 1.17 bits per heavy atom.